The molecular weight excluding hydrogens is 240 g/mol. The highest BCUT2D eigenvalue weighted by Gasteiger charge is 2.11. The van der Waals surface area contributed by atoms with Gasteiger partial charge < -0.3 is 4.52 Å². The molecule has 5 nitrogen and oxygen atoms in total. The summed E-state index contributed by atoms with van der Waals surface area (Å²) in [7, 11) is 0. The normalized spacial score (nSPS) is 10.1. The molecule has 0 spiro atoms. The second kappa shape index (κ2) is 4.70. The lowest BCUT2D eigenvalue weighted by Gasteiger charge is -2.04. The maximum Gasteiger partial charge on any atom is 0.182 e. The van der Waals surface area contributed by atoms with Gasteiger partial charge in [0.1, 0.15) is 12.3 Å². The molecule has 90 valence electrons. The molecule has 0 bridgehead atoms. The van der Waals surface area contributed by atoms with Gasteiger partial charge in [-0.05, 0) is 0 Å². The van der Waals surface area contributed by atoms with E-state index in [9.17, 15) is 0 Å². The Balaban J connectivity index is 2.17. The highest BCUT2D eigenvalue weighted by molar-refractivity contribution is 5.68. The van der Waals surface area contributed by atoms with Gasteiger partial charge >= 0.3 is 0 Å². The Bertz CT molecular complexity index is 730. The molecule has 5 heteroatoms. The van der Waals surface area contributed by atoms with Crippen molar-refractivity contribution < 1.29 is 4.52 Å². The van der Waals surface area contributed by atoms with Crippen LogP contribution in [0.1, 0.15) is 5.56 Å². The zero-order valence-corrected chi connectivity index (χ0v) is 9.82. The predicted molar refractivity (Wildman–Crippen MR) is 67.7 cm³/mol. The molecule has 0 radical (unpaired) electrons. The fourth-order valence-electron chi connectivity index (χ4n) is 1.73. The number of hydrogen-bond donors (Lipinski definition) is 0. The molecule has 0 aliphatic carbocycles. The second-order valence-electron chi connectivity index (χ2n) is 3.82. The lowest BCUT2D eigenvalue weighted by Crippen LogP contribution is -1.95. The summed E-state index contributed by atoms with van der Waals surface area (Å²) in [6.45, 7) is 0. The fourth-order valence-corrected chi connectivity index (χ4v) is 1.73. The van der Waals surface area contributed by atoms with Gasteiger partial charge in [-0.25, -0.2) is 9.97 Å². The zero-order valence-electron chi connectivity index (χ0n) is 9.82. The summed E-state index contributed by atoms with van der Waals surface area (Å²) in [5.74, 6) is 0.437. The largest absolute Gasteiger partial charge is 0.364 e. The summed E-state index contributed by atoms with van der Waals surface area (Å²) in [5, 5.41) is 12.9. The van der Waals surface area contributed by atoms with Crippen molar-refractivity contribution in [3.05, 3.63) is 54.4 Å². The Morgan fingerprint density at radius 1 is 1.11 bits per heavy atom. The third-order valence-corrected chi connectivity index (χ3v) is 2.62. The maximum atomic E-state index is 9.14. The van der Waals surface area contributed by atoms with Crippen LogP contribution in [0.4, 0.5) is 0 Å². The minimum absolute atomic E-state index is 0.429. The van der Waals surface area contributed by atoms with Gasteiger partial charge in [0.05, 0.1) is 11.3 Å². The average molecular weight is 248 g/mol. The molecule has 0 unspecified atom stereocenters. The van der Waals surface area contributed by atoms with Crippen molar-refractivity contribution in [3.63, 3.8) is 0 Å². The molecule has 0 fully saturated rings. The molecular formula is C14H8N4O. The monoisotopic (exact) mass is 248 g/mol. The summed E-state index contributed by atoms with van der Waals surface area (Å²) in [4.78, 5) is 8.52. The van der Waals surface area contributed by atoms with E-state index in [2.05, 4.69) is 21.2 Å². The van der Waals surface area contributed by atoms with Crippen LogP contribution in [0.3, 0.4) is 0 Å². The van der Waals surface area contributed by atoms with Crippen LogP contribution in [0.15, 0.2) is 53.4 Å². The Hall–Kier alpha value is -3.00. The summed E-state index contributed by atoms with van der Waals surface area (Å²) in [6, 6.07) is 13.3. The molecule has 0 amide bonds. The molecule has 2 aromatic heterocycles. The average Bonchev–Trinajstić information content (AvgIpc) is 3.02. The van der Waals surface area contributed by atoms with Crippen LogP contribution in [-0.4, -0.2) is 15.1 Å². The Morgan fingerprint density at radius 3 is 2.63 bits per heavy atom. The van der Waals surface area contributed by atoms with Gasteiger partial charge in [-0.3, -0.25) is 0 Å². The first-order chi connectivity index (χ1) is 9.38. The molecule has 0 saturated carbocycles. The van der Waals surface area contributed by atoms with Crippen LogP contribution >= 0.6 is 0 Å². The summed E-state index contributed by atoms with van der Waals surface area (Å²) >= 11 is 0. The number of rotatable bonds is 2. The van der Waals surface area contributed by atoms with Crippen molar-refractivity contribution >= 4 is 0 Å². The number of nitriles is 1. The molecule has 3 aromatic rings. The van der Waals surface area contributed by atoms with Crippen LogP contribution in [0.2, 0.25) is 0 Å². The van der Waals surface area contributed by atoms with Crippen molar-refractivity contribution in [1.82, 2.24) is 15.1 Å². The molecule has 0 atom stereocenters. The SMILES string of the molecule is N#Cc1cnc(-c2ccon2)nc1-c1ccccc1. The second-order valence-corrected chi connectivity index (χ2v) is 3.82. The highest BCUT2D eigenvalue weighted by Crippen LogP contribution is 2.23. The first-order valence-electron chi connectivity index (χ1n) is 5.62. The molecule has 0 aliphatic heterocycles. The molecule has 1 aromatic carbocycles. The number of benzene rings is 1. The van der Waals surface area contributed by atoms with E-state index >= 15 is 0 Å². The van der Waals surface area contributed by atoms with Crippen molar-refractivity contribution in [2.45, 2.75) is 0 Å². The third-order valence-electron chi connectivity index (χ3n) is 2.62. The van der Waals surface area contributed by atoms with E-state index in [-0.39, 0.29) is 0 Å². The van der Waals surface area contributed by atoms with Crippen molar-refractivity contribution in [3.8, 4) is 28.8 Å². The van der Waals surface area contributed by atoms with Gasteiger partial charge in [-0.15, -0.1) is 0 Å². The lowest BCUT2D eigenvalue weighted by molar-refractivity contribution is 0.422. The Labute approximate surface area is 109 Å². The van der Waals surface area contributed by atoms with Crippen molar-refractivity contribution in [1.29, 1.82) is 5.26 Å². The number of aromatic nitrogens is 3. The maximum absolute atomic E-state index is 9.14. The standard InChI is InChI=1S/C14H8N4O/c15-8-11-9-16-14(12-6-7-19-18-12)17-13(11)10-4-2-1-3-5-10/h1-7,9H. The first kappa shape index (κ1) is 11.1. The molecule has 0 aliphatic rings. The lowest BCUT2D eigenvalue weighted by atomic mass is 10.1. The van der Waals surface area contributed by atoms with Gasteiger partial charge in [0.2, 0.25) is 0 Å². The first-order valence-corrected chi connectivity index (χ1v) is 5.62. The predicted octanol–water partition coefficient (Wildman–Crippen LogP) is 2.67. The summed E-state index contributed by atoms with van der Waals surface area (Å²) in [6.07, 6.45) is 2.96. The van der Waals surface area contributed by atoms with E-state index in [1.54, 1.807) is 6.07 Å². The van der Waals surface area contributed by atoms with E-state index in [0.717, 1.165) is 5.56 Å². The molecule has 0 N–H and O–H groups in total. The smallest absolute Gasteiger partial charge is 0.182 e. The van der Waals surface area contributed by atoms with Gasteiger partial charge in [-0.1, -0.05) is 35.5 Å². The van der Waals surface area contributed by atoms with E-state index < -0.39 is 0 Å². The summed E-state index contributed by atoms with van der Waals surface area (Å²) in [5.41, 5.74) is 2.43. The molecule has 3 rings (SSSR count). The molecule has 0 saturated heterocycles. The van der Waals surface area contributed by atoms with Crippen LogP contribution < -0.4 is 0 Å². The quantitative estimate of drug-likeness (QED) is 0.696. The van der Waals surface area contributed by atoms with Crippen LogP contribution in [0.5, 0.6) is 0 Å². The van der Waals surface area contributed by atoms with E-state index in [1.165, 1.54) is 12.5 Å². The van der Waals surface area contributed by atoms with Gasteiger partial charge in [-0.2, -0.15) is 5.26 Å². The summed E-state index contributed by atoms with van der Waals surface area (Å²) < 4.78 is 4.78. The third kappa shape index (κ3) is 2.07. The molecule has 2 heterocycles. The van der Waals surface area contributed by atoms with E-state index in [4.69, 9.17) is 9.78 Å². The van der Waals surface area contributed by atoms with Crippen LogP contribution in [-0.2, 0) is 0 Å². The van der Waals surface area contributed by atoms with Gasteiger partial charge in [0, 0.05) is 17.8 Å². The molecule has 19 heavy (non-hydrogen) atoms. The minimum Gasteiger partial charge on any atom is -0.364 e. The minimum atomic E-state index is 0.429. The topological polar surface area (TPSA) is 75.6 Å². The van der Waals surface area contributed by atoms with Gasteiger partial charge in [0.15, 0.2) is 11.5 Å². The van der Waals surface area contributed by atoms with Crippen molar-refractivity contribution in [2.75, 3.05) is 0 Å². The Kier molecular flexibility index (Phi) is 2.75. The number of hydrogen-bond acceptors (Lipinski definition) is 5. The van der Waals surface area contributed by atoms with E-state index in [0.29, 0.717) is 22.8 Å². The Morgan fingerprint density at radius 2 is 1.95 bits per heavy atom. The highest BCUT2D eigenvalue weighted by atomic mass is 16.5. The van der Waals surface area contributed by atoms with E-state index in [1.807, 2.05) is 30.3 Å². The number of nitrogens with zero attached hydrogens (tertiary/aromatic N) is 4. The fraction of sp³-hybridized carbons (Fsp3) is 0. The van der Waals surface area contributed by atoms with Gasteiger partial charge in [0.25, 0.3) is 0 Å². The zero-order chi connectivity index (χ0) is 13.1. The van der Waals surface area contributed by atoms with Crippen LogP contribution in [0.25, 0.3) is 22.8 Å². The van der Waals surface area contributed by atoms with Crippen LogP contribution in [0, 0.1) is 11.3 Å². The van der Waals surface area contributed by atoms with Crippen molar-refractivity contribution in [2.24, 2.45) is 0 Å².